The van der Waals surface area contributed by atoms with Crippen molar-refractivity contribution in [3.8, 4) is 0 Å². The molecule has 1 unspecified atom stereocenters. The molecule has 1 atom stereocenters. The highest BCUT2D eigenvalue weighted by atomic mass is 16.1. The Morgan fingerprint density at radius 2 is 2.40 bits per heavy atom. The van der Waals surface area contributed by atoms with E-state index in [1.807, 2.05) is 6.92 Å². The number of nitrogens with zero attached hydrogens (tertiary/aromatic N) is 1. The lowest BCUT2D eigenvalue weighted by Crippen LogP contribution is -2.20. The van der Waals surface area contributed by atoms with Gasteiger partial charge >= 0.3 is 0 Å². The third kappa shape index (κ3) is 1.66. The van der Waals surface area contributed by atoms with Gasteiger partial charge in [-0.25, -0.2) is 0 Å². The smallest absolute Gasteiger partial charge is 0.134 e. The maximum atomic E-state index is 10.8. The van der Waals surface area contributed by atoms with Crippen LogP contribution in [0, 0.1) is 5.92 Å². The Kier molecular flexibility index (Phi) is 2.20. The first-order valence-corrected chi connectivity index (χ1v) is 3.70. The van der Waals surface area contributed by atoms with Crippen LogP contribution in [0.4, 0.5) is 0 Å². The van der Waals surface area contributed by atoms with Gasteiger partial charge in [-0.1, -0.05) is 0 Å². The fourth-order valence-corrected chi connectivity index (χ4v) is 1.15. The molecule has 1 aliphatic rings. The Bertz CT molecular complexity index is 172. The monoisotopic (exact) mass is 139 g/mol. The summed E-state index contributed by atoms with van der Waals surface area (Å²) in [6, 6.07) is 0. The number of ketones is 1. The minimum Gasteiger partial charge on any atom is -0.300 e. The first kappa shape index (κ1) is 7.45. The molecule has 56 valence electrons. The van der Waals surface area contributed by atoms with E-state index >= 15 is 0 Å². The maximum absolute atomic E-state index is 10.8. The summed E-state index contributed by atoms with van der Waals surface area (Å²) in [6.07, 6.45) is 2.01. The van der Waals surface area contributed by atoms with Crippen molar-refractivity contribution in [1.29, 1.82) is 0 Å². The molecule has 0 aliphatic carbocycles. The molecule has 0 aromatic heterocycles. The zero-order chi connectivity index (χ0) is 7.56. The molecule has 0 amide bonds. The van der Waals surface area contributed by atoms with Gasteiger partial charge in [0.05, 0.1) is 0 Å². The fourth-order valence-electron chi connectivity index (χ4n) is 1.15. The Morgan fingerprint density at radius 3 is 2.80 bits per heavy atom. The van der Waals surface area contributed by atoms with Gasteiger partial charge in [0.1, 0.15) is 5.78 Å². The Labute approximate surface area is 61.3 Å². The molecule has 0 aromatic carbocycles. The topological polar surface area (TPSA) is 29.4 Å². The molecule has 2 nitrogen and oxygen atoms in total. The average Bonchev–Trinajstić information content (AvgIpc) is 1.88. The Hall–Kier alpha value is -0.660. The molecule has 0 aromatic rings. The number of carbonyl (C=O) groups excluding carboxylic acids is 1. The highest BCUT2D eigenvalue weighted by Crippen LogP contribution is 2.14. The van der Waals surface area contributed by atoms with E-state index in [1.165, 1.54) is 5.71 Å². The van der Waals surface area contributed by atoms with Crippen molar-refractivity contribution < 1.29 is 4.79 Å². The summed E-state index contributed by atoms with van der Waals surface area (Å²) >= 11 is 0. The quantitative estimate of drug-likeness (QED) is 0.540. The van der Waals surface area contributed by atoms with Gasteiger partial charge in [0, 0.05) is 18.2 Å². The molecule has 0 N–H and O–H groups in total. The van der Waals surface area contributed by atoms with Crippen molar-refractivity contribution in [3.63, 3.8) is 0 Å². The van der Waals surface area contributed by atoms with Crippen molar-refractivity contribution >= 4 is 11.5 Å². The zero-order valence-electron chi connectivity index (χ0n) is 6.55. The van der Waals surface area contributed by atoms with E-state index in [1.54, 1.807) is 6.92 Å². The van der Waals surface area contributed by atoms with Gasteiger partial charge in [-0.15, -0.1) is 0 Å². The molecule has 10 heavy (non-hydrogen) atoms. The van der Waals surface area contributed by atoms with Crippen LogP contribution in [0.2, 0.25) is 0 Å². The van der Waals surface area contributed by atoms with Crippen LogP contribution in [-0.4, -0.2) is 18.0 Å². The predicted octanol–water partition coefficient (Wildman–Crippen LogP) is 1.45. The number of hydrogen-bond donors (Lipinski definition) is 0. The third-order valence-corrected chi connectivity index (χ3v) is 2.01. The van der Waals surface area contributed by atoms with E-state index < -0.39 is 0 Å². The van der Waals surface area contributed by atoms with Gasteiger partial charge < -0.3 is 0 Å². The van der Waals surface area contributed by atoms with E-state index in [0.29, 0.717) is 0 Å². The lowest BCUT2D eigenvalue weighted by Gasteiger charge is -2.16. The molecular formula is C8H13NO. The second kappa shape index (κ2) is 2.95. The molecule has 2 heteroatoms. The van der Waals surface area contributed by atoms with Crippen LogP contribution in [0.5, 0.6) is 0 Å². The van der Waals surface area contributed by atoms with E-state index in [-0.39, 0.29) is 11.7 Å². The minimum absolute atomic E-state index is 0.212. The molecular weight excluding hydrogens is 126 g/mol. The van der Waals surface area contributed by atoms with Crippen LogP contribution in [0.15, 0.2) is 4.99 Å². The number of aliphatic imine (C=N–C) groups is 1. The molecule has 0 spiro atoms. The summed E-state index contributed by atoms with van der Waals surface area (Å²) in [7, 11) is 0. The summed E-state index contributed by atoms with van der Waals surface area (Å²) in [5, 5.41) is 0. The predicted molar refractivity (Wildman–Crippen MR) is 41.4 cm³/mol. The van der Waals surface area contributed by atoms with Crippen LogP contribution in [-0.2, 0) is 4.79 Å². The van der Waals surface area contributed by atoms with Gasteiger partial charge in [-0.2, -0.15) is 0 Å². The number of rotatable bonds is 1. The summed E-state index contributed by atoms with van der Waals surface area (Å²) < 4.78 is 0. The molecule has 1 heterocycles. The summed E-state index contributed by atoms with van der Waals surface area (Å²) in [5.41, 5.74) is 1.19. The van der Waals surface area contributed by atoms with Gasteiger partial charge in [0.2, 0.25) is 0 Å². The van der Waals surface area contributed by atoms with E-state index in [9.17, 15) is 4.79 Å². The normalized spacial score (nSPS) is 25.8. The summed E-state index contributed by atoms with van der Waals surface area (Å²) in [4.78, 5) is 15.1. The second-order valence-corrected chi connectivity index (χ2v) is 2.92. The fraction of sp³-hybridized carbons (Fsp3) is 0.750. The zero-order valence-corrected chi connectivity index (χ0v) is 6.55. The Balaban J connectivity index is 2.50. The van der Waals surface area contributed by atoms with Crippen molar-refractivity contribution in [3.05, 3.63) is 0 Å². The number of Topliss-reactive ketones (excluding diaryl/α,β-unsaturated/α-hetero) is 1. The molecule has 0 saturated carbocycles. The average molecular weight is 139 g/mol. The maximum Gasteiger partial charge on any atom is 0.134 e. The van der Waals surface area contributed by atoms with Gasteiger partial charge in [0.25, 0.3) is 0 Å². The second-order valence-electron chi connectivity index (χ2n) is 2.92. The van der Waals surface area contributed by atoms with E-state index in [4.69, 9.17) is 0 Å². The van der Waals surface area contributed by atoms with Crippen LogP contribution in [0.3, 0.4) is 0 Å². The van der Waals surface area contributed by atoms with E-state index in [2.05, 4.69) is 4.99 Å². The first-order valence-electron chi connectivity index (χ1n) is 3.70. The molecule has 0 radical (unpaired) electrons. The highest BCUT2D eigenvalue weighted by molar-refractivity contribution is 5.85. The summed E-state index contributed by atoms with van der Waals surface area (Å²) in [5.74, 6) is 0.500. The van der Waals surface area contributed by atoms with Crippen molar-refractivity contribution in [2.24, 2.45) is 10.9 Å². The first-order chi connectivity index (χ1) is 4.70. The molecule has 1 rings (SSSR count). The van der Waals surface area contributed by atoms with Gasteiger partial charge in [-0.3, -0.25) is 9.79 Å². The van der Waals surface area contributed by atoms with Gasteiger partial charge in [-0.05, 0) is 26.7 Å². The number of carbonyl (C=O) groups is 1. The third-order valence-electron chi connectivity index (χ3n) is 2.01. The Morgan fingerprint density at radius 1 is 1.70 bits per heavy atom. The lowest BCUT2D eigenvalue weighted by molar-refractivity contribution is -0.120. The molecule has 1 aliphatic heterocycles. The van der Waals surface area contributed by atoms with Crippen molar-refractivity contribution in [2.75, 3.05) is 6.54 Å². The standard InChI is InChI=1S/C8H13NO/c1-6-3-4-8(5-9-6)7(2)10/h8H,3-5H2,1-2H3. The van der Waals surface area contributed by atoms with Crippen LogP contribution in [0.1, 0.15) is 26.7 Å². The molecule has 0 fully saturated rings. The highest BCUT2D eigenvalue weighted by Gasteiger charge is 2.16. The van der Waals surface area contributed by atoms with Crippen LogP contribution < -0.4 is 0 Å². The lowest BCUT2D eigenvalue weighted by atomic mass is 9.95. The number of hydrogen-bond acceptors (Lipinski definition) is 2. The SMILES string of the molecule is CC(=O)C1CCC(C)=NC1. The van der Waals surface area contributed by atoms with Crippen molar-refractivity contribution in [2.45, 2.75) is 26.7 Å². The van der Waals surface area contributed by atoms with E-state index in [0.717, 1.165) is 19.4 Å². The van der Waals surface area contributed by atoms with Gasteiger partial charge in [0.15, 0.2) is 0 Å². The molecule has 0 saturated heterocycles. The van der Waals surface area contributed by atoms with Crippen molar-refractivity contribution in [1.82, 2.24) is 0 Å². The largest absolute Gasteiger partial charge is 0.300 e. The summed E-state index contributed by atoms with van der Waals surface area (Å²) in [6.45, 7) is 4.40. The van der Waals surface area contributed by atoms with Crippen LogP contribution in [0.25, 0.3) is 0 Å². The molecule has 0 bridgehead atoms. The van der Waals surface area contributed by atoms with Crippen LogP contribution >= 0.6 is 0 Å². The minimum atomic E-state index is 0.212.